The molecule has 3 amide bonds. The van der Waals surface area contributed by atoms with Gasteiger partial charge in [0.05, 0.1) is 13.8 Å². The molecule has 4 rings (SSSR count). The van der Waals surface area contributed by atoms with Crippen molar-refractivity contribution in [1.82, 2.24) is 15.1 Å². The van der Waals surface area contributed by atoms with Gasteiger partial charge in [0.2, 0.25) is 0 Å². The van der Waals surface area contributed by atoms with Gasteiger partial charge in [0.25, 0.3) is 5.91 Å². The van der Waals surface area contributed by atoms with E-state index in [1.54, 1.807) is 7.11 Å². The number of ether oxygens (including phenoxy) is 1. The van der Waals surface area contributed by atoms with Crippen LogP contribution in [0.25, 0.3) is 0 Å². The maximum atomic E-state index is 13.3. The van der Waals surface area contributed by atoms with E-state index in [2.05, 4.69) is 29.3 Å². The predicted molar refractivity (Wildman–Crippen MR) is 112 cm³/mol. The number of hydrogen-bond donors (Lipinski definition) is 1. The van der Waals surface area contributed by atoms with Gasteiger partial charge in [-0.1, -0.05) is 31.9 Å². The molecule has 1 saturated carbocycles. The first-order valence-electron chi connectivity index (χ1n) is 11.0. The second-order valence-electron chi connectivity index (χ2n) is 9.02. The van der Waals surface area contributed by atoms with Crippen LogP contribution >= 0.6 is 0 Å². The van der Waals surface area contributed by atoms with Crippen molar-refractivity contribution in [2.45, 2.75) is 69.9 Å². The van der Waals surface area contributed by atoms with Crippen molar-refractivity contribution in [3.63, 3.8) is 0 Å². The lowest BCUT2D eigenvalue weighted by atomic mass is 9.77. The third-order valence-electron chi connectivity index (χ3n) is 7.06. The Balaban J connectivity index is 1.52. The fourth-order valence-corrected chi connectivity index (χ4v) is 5.12. The largest absolute Gasteiger partial charge is 0.497 e. The Hall–Kier alpha value is -2.08. The van der Waals surface area contributed by atoms with Crippen molar-refractivity contribution in [2.24, 2.45) is 5.92 Å². The molecule has 0 radical (unpaired) electrons. The van der Waals surface area contributed by atoms with Crippen LogP contribution in [0.5, 0.6) is 5.75 Å². The van der Waals surface area contributed by atoms with Gasteiger partial charge in [-0.2, -0.15) is 0 Å². The molecule has 3 fully saturated rings. The van der Waals surface area contributed by atoms with E-state index in [9.17, 15) is 9.59 Å². The number of carbonyl (C=O) groups is 2. The molecule has 2 saturated heterocycles. The van der Waals surface area contributed by atoms with Gasteiger partial charge >= 0.3 is 6.03 Å². The van der Waals surface area contributed by atoms with Crippen molar-refractivity contribution in [2.75, 3.05) is 20.3 Å². The summed E-state index contributed by atoms with van der Waals surface area (Å²) in [5.41, 5.74) is 0.561. The van der Waals surface area contributed by atoms with Gasteiger partial charge in [-0.05, 0) is 62.1 Å². The minimum absolute atomic E-state index is 0.0212. The molecule has 1 unspecified atom stereocenters. The van der Waals surface area contributed by atoms with E-state index in [0.717, 1.165) is 57.2 Å². The molecular weight excluding hydrogens is 366 g/mol. The highest BCUT2D eigenvalue weighted by atomic mass is 16.5. The number of likely N-dealkylation sites (tertiary alicyclic amines) is 1. The summed E-state index contributed by atoms with van der Waals surface area (Å²) in [6, 6.07) is 8.19. The first kappa shape index (κ1) is 20.2. The first-order chi connectivity index (χ1) is 14.0. The lowest BCUT2D eigenvalue weighted by Gasteiger charge is -2.35. The molecule has 158 valence electrons. The maximum absolute atomic E-state index is 13.3. The van der Waals surface area contributed by atoms with Crippen molar-refractivity contribution >= 4 is 11.9 Å². The van der Waals surface area contributed by atoms with E-state index in [4.69, 9.17) is 4.74 Å². The van der Waals surface area contributed by atoms with Gasteiger partial charge in [-0.15, -0.1) is 0 Å². The van der Waals surface area contributed by atoms with E-state index in [1.807, 2.05) is 12.1 Å². The molecule has 2 aliphatic heterocycles. The van der Waals surface area contributed by atoms with Gasteiger partial charge in [-0.3, -0.25) is 9.69 Å². The average molecular weight is 400 g/mol. The lowest BCUT2D eigenvalue weighted by Crippen LogP contribution is -2.50. The molecular formula is C23H33N3O3. The van der Waals surface area contributed by atoms with Gasteiger partial charge < -0.3 is 10.1 Å². The zero-order valence-electron chi connectivity index (χ0n) is 17.7. The zero-order valence-corrected chi connectivity index (χ0v) is 17.7. The fourth-order valence-electron chi connectivity index (χ4n) is 5.12. The molecule has 1 aliphatic carbocycles. The molecule has 6 nitrogen and oxygen atoms in total. The normalized spacial score (nSPS) is 31.0. The molecule has 1 atom stereocenters. The smallest absolute Gasteiger partial charge is 0.326 e. The molecule has 1 N–H and O–H groups in total. The maximum Gasteiger partial charge on any atom is 0.326 e. The van der Waals surface area contributed by atoms with Crippen LogP contribution in [0.1, 0.15) is 69.9 Å². The number of benzene rings is 1. The first-order valence-corrected chi connectivity index (χ1v) is 11.0. The molecule has 1 aromatic rings. The summed E-state index contributed by atoms with van der Waals surface area (Å²) < 4.78 is 5.30. The van der Waals surface area contributed by atoms with Crippen LogP contribution in [-0.2, 0) is 4.79 Å². The van der Waals surface area contributed by atoms with E-state index >= 15 is 0 Å². The van der Waals surface area contributed by atoms with Crippen LogP contribution in [0.2, 0.25) is 0 Å². The van der Waals surface area contributed by atoms with E-state index in [1.165, 1.54) is 16.9 Å². The summed E-state index contributed by atoms with van der Waals surface area (Å²) in [4.78, 5) is 29.8. The van der Waals surface area contributed by atoms with Gasteiger partial charge in [0, 0.05) is 12.6 Å². The molecule has 1 spiro atoms. The summed E-state index contributed by atoms with van der Waals surface area (Å²) in [6.45, 7) is 3.50. The second kappa shape index (κ2) is 8.34. The molecule has 0 bridgehead atoms. The molecule has 2 heterocycles. The number of hydrogen-bond acceptors (Lipinski definition) is 4. The number of amides is 3. The molecule has 0 aromatic heterocycles. The van der Waals surface area contributed by atoms with Crippen LogP contribution in [0.3, 0.4) is 0 Å². The summed E-state index contributed by atoms with van der Waals surface area (Å²) in [6.07, 6.45) is 8.00. The Morgan fingerprint density at radius 3 is 2.48 bits per heavy atom. The standard InChI is InChI=1S/C23H33N3O3/c1-17-11-13-23(14-12-17)21(27)26(22(28)24-23)16-25-15-5-3-4-6-20(25)18-7-9-19(29-2)10-8-18/h7-10,17,20H,3-6,11-16H2,1-2H3,(H,24,28). The topological polar surface area (TPSA) is 61.9 Å². The number of urea groups is 1. The average Bonchev–Trinajstić information content (AvgIpc) is 2.89. The van der Waals surface area contributed by atoms with Crippen molar-refractivity contribution in [1.29, 1.82) is 0 Å². The van der Waals surface area contributed by atoms with Crippen molar-refractivity contribution < 1.29 is 14.3 Å². The highest BCUT2D eigenvalue weighted by molar-refractivity contribution is 6.07. The number of rotatable bonds is 4. The minimum atomic E-state index is -0.662. The Bertz CT molecular complexity index is 740. The Morgan fingerprint density at radius 1 is 1.07 bits per heavy atom. The summed E-state index contributed by atoms with van der Waals surface area (Å²) in [7, 11) is 1.67. The number of nitrogens with zero attached hydrogens (tertiary/aromatic N) is 2. The number of carbonyl (C=O) groups excluding carboxylic acids is 2. The number of nitrogens with one attached hydrogen (secondary N) is 1. The second-order valence-corrected chi connectivity index (χ2v) is 9.02. The monoisotopic (exact) mass is 399 g/mol. The van der Waals surface area contributed by atoms with Gasteiger partial charge in [0.15, 0.2) is 0 Å². The Kier molecular flexibility index (Phi) is 5.81. The van der Waals surface area contributed by atoms with Gasteiger partial charge in [-0.25, -0.2) is 9.69 Å². The van der Waals surface area contributed by atoms with E-state index in [-0.39, 0.29) is 18.0 Å². The summed E-state index contributed by atoms with van der Waals surface area (Å²) in [5.74, 6) is 1.45. The Labute approximate surface area is 173 Å². The van der Waals surface area contributed by atoms with Crippen LogP contribution in [-0.4, -0.2) is 47.6 Å². The molecule has 1 aromatic carbocycles. The predicted octanol–water partition coefficient (Wildman–Crippen LogP) is 4.07. The minimum Gasteiger partial charge on any atom is -0.497 e. The van der Waals surface area contributed by atoms with Crippen LogP contribution in [0.15, 0.2) is 24.3 Å². The third kappa shape index (κ3) is 4.00. The van der Waals surface area contributed by atoms with Crippen molar-refractivity contribution in [3.05, 3.63) is 29.8 Å². The zero-order chi connectivity index (χ0) is 20.4. The van der Waals surface area contributed by atoms with Crippen LogP contribution < -0.4 is 10.1 Å². The highest BCUT2D eigenvalue weighted by Gasteiger charge is 2.52. The lowest BCUT2D eigenvalue weighted by molar-refractivity contribution is -0.134. The molecule has 6 heteroatoms. The van der Waals surface area contributed by atoms with E-state index < -0.39 is 5.54 Å². The molecule has 3 aliphatic rings. The van der Waals surface area contributed by atoms with E-state index in [0.29, 0.717) is 12.6 Å². The Morgan fingerprint density at radius 2 is 1.79 bits per heavy atom. The molecule has 29 heavy (non-hydrogen) atoms. The quantitative estimate of drug-likeness (QED) is 0.776. The van der Waals surface area contributed by atoms with Crippen molar-refractivity contribution in [3.8, 4) is 5.75 Å². The summed E-state index contributed by atoms with van der Waals surface area (Å²) in [5, 5.41) is 3.06. The van der Waals surface area contributed by atoms with Crippen LogP contribution in [0, 0.1) is 5.92 Å². The SMILES string of the molecule is COc1ccc(C2CCCCCN2CN2C(=O)NC3(CCC(C)CC3)C2=O)cc1. The number of methoxy groups -OCH3 is 1. The summed E-state index contributed by atoms with van der Waals surface area (Å²) >= 11 is 0. The fraction of sp³-hybridized carbons (Fsp3) is 0.652. The van der Waals surface area contributed by atoms with Crippen LogP contribution in [0.4, 0.5) is 4.79 Å². The van der Waals surface area contributed by atoms with Gasteiger partial charge in [0.1, 0.15) is 11.3 Å². The number of imide groups is 1. The third-order valence-corrected chi connectivity index (χ3v) is 7.06. The highest BCUT2D eigenvalue weighted by Crippen LogP contribution is 2.37.